The van der Waals surface area contributed by atoms with E-state index in [1.807, 2.05) is 42.5 Å². The minimum Gasteiger partial charge on any atom is -0.208 e. The summed E-state index contributed by atoms with van der Waals surface area (Å²) < 4.78 is 172. The summed E-state index contributed by atoms with van der Waals surface area (Å²) in [5, 5.41) is -2.67. The molecule has 3 nitrogen and oxygen atoms in total. The van der Waals surface area contributed by atoms with E-state index in [1.54, 1.807) is 42.5 Å². The normalized spacial score (nSPS) is 16.3. The van der Waals surface area contributed by atoms with Crippen molar-refractivity contribution in [3.05, 3.63) is 200 Å². The van der Waals surface area contributed by atoms with Crippen molar-refractivity contribution in [2.45, 2.75) is 0 Å². The molecule has 0 amide bonds. The van der Waals surface area contributed by atoms with Crippen LogP contribution >= 0.6 is 0 Å². The van der Waals surface area contributed by atoms with Gasteiger partial charge in [-0.15, -0.1) is 0 Å². The number of hydrogen-bond donors (Lipinski definition) is 0. The Bertz CT molecular complexity index is 3990. The van der Waals surface area contributed by atoms with Gasteiger partial charge in [0.25, 0.3) is 0 Å². The zero-order valence-corrected chi connectivity index (χ0v) is 27.9. The van der Waals surface area contributed by atoms with Crippen molar-refractivity contribution < 1.29 is 26.0 Å². The Labute approximate surface area is 340 Å². The van der Waals surface area contributed by atoms with Crippen LogP contribution in [0, 0.1) is 0 Å². The van der Waals surface area contributed by atoms with Gasteiger partial charge in [-0.05, 0) is 77.8 Å². The van der Waals surface area contributed by atoms with Gasteiger partial charge < -0.3 is 0 Å². The van der Waals surface area contributed by atoms with Crippen LogP contribution in [0.1, 0.15) is 26.0 Å². The molecule has 9 aromatic carbocycles. The molecule has 0 radical (unpaired) electrons. The Kier molecular flexibility index (Phi) is 4.35. The van der Waals surface area contributed by atoms with Crippen LogP contribution < -0.4 is 0 Å². The van der Waals surface area contributed by atoms with Crippen molar-refractivity contribution in [3.8, 4) is 67.5 Å². The van der Waals surface area contributed by atoms with Crippen LogP contribution in [0.25, 0.3) is 99.9 Å². The Morgan fingerprint density at radius 1 is 0.259 bits per heavy atom. The zero-order chi connectivity index (χ0) is 52.4. The van der Waals surface area contributed by atoms with Crippen molar-refractivity contribution in [1.29, 1.82) is 0 Å². The number of hydrogen-bond acceptors (Lipinski definition) is 3. The predicted molar refractivity (Wildman–Crippen MR) is 225 cm³/mol. The summed E-state index contributed by atoms with van der Waals surface area (Å²) in [4.78, 5) is 14.0. The molecule has 0 unspecified atom stereocenters. The number of fused-ring (bicyclic) bond motifs is 6. The van der Waals surface area contributed by atoms with Gasteiger partial charge >= 0.3 is 0 Å². The lowest BCUT2D eigenvalue weighted by atomic mass is 9.91. The first-order valence-corrected chi connectivity index (χ1v) is 16.7. The summed E-state index contributed by atoms with van der Waals surface area (Å²) in [7, 11) is 0. The first-order valence-electron chi connectivity index (χ1n) is 26.2. The molecular formula is C51H33N3. The third-order valence-electron chi connectivity index (χ3n) is 8.83. The van der Waals surface area contributed by atoms with Gasteiger partial charge in [-0.1, -0.05) is 188 Å². The quantitative estimate of drug-likeness (QED) is 0.162. The monoisotopic (exact) mass is 706 g/mol. The maximum Gasteiger partial charge on any atom is 0.164 e. The van der Waals surface area contributed by atoms with Crippen LogP contribution in [-0.2, 0) is 0 Å². The highest BCUT2D eigenvalue weighted by Crippen LogP contribution is 2.38. The molecule has 0 N–H and O–H groups in total. The third kappa shape index (κ3) is 5.78. The predicted octanol–water partition coefficient (Wildman–Crippen LogP) is 13.3. The van der Waals surface area contributed by atoms with E-state index in [1.165, 1.54) is 0 Å². The van der Waals surface area contributed by atoms with Crippen molar-refractivity contribution >= 4 is 32.3 Å². The van der Waals surface area contributed by atoms with Gasteiger partial charge in [-0.2, -0.15) is 0 Å². The summed E-state index contributed by atoms with van der Waals surface area (Å²) >= 11 is 0. The highest BCUT2D eigenvalue weighted by atomic mass is 15.0. The summed E-state index contributed by atoms with van der Waals surface area (Å²) in [6.45, 7) is 0. The van der Waals surface area contributed by atoms with E-state index in [-0.39, 0.29) is 23.0 Å². The van der Waals surface area contributed by atoms with E-state index < -0.39 is 169 Å². The fourth-order valence-corrected chi connectivity index (χ4v) is 6.20. The Balaban J connectivity index is 1.23. The van der Waals surface area contributed by atoms with Gasteiger partial charge in [0.15, 0.2) is 17.5 Å². The highest BCUT2D eigenvalue weighted by molar-refractivity contribution is 6.25. The van der Waals surface area contributed by atoms with Gasteiger partial charge in [-0.25, -0.2) is 15.0 Å². The van der Waals surface area contributed by atoms with Gasteiger partial charge in [0.1, 0.15) is 0 Å². The van der Waals surface area contributed by atoms with E-state index in [0.717, 1.165) is 11.1 Å². The van der Waals surface area contributed by atoms with Crippen LogP contribution in [-0.4, -0.2) is 15.0 Å². The molecule has 252 valence electrons. The second-order valence-corrected chi connectivity index (χ2v) is 12.1. The molecule has 10 rings (SSSR count). The molecule has 1 aromatic heterocycles. The minimum atomic E-state index is -0.931. The van der Waals surface area contributed by atoms with E-state index in [9.17, 15) is 11.0 Å². The second-order valence-electron chi connectivity index (χ2n) is 12.1. The molecule has 10 aromatic rings. The van der Waals surface area contributed by atoms with E-state index in [0.29, 0.717) is 11.1 Å². The first-order chi connectivity index (χ1) is 34.7. The van der Waals surface area contributed by atoms with E-state index in [4.69, 9.17) is 20.1 Å². The molecule has 54 heavy (non-hydrogen) atoms. The average Bonchev–Trinajstić information content (AvgIpc) is 3.40. The first kappa shape index (κ1) is 17.5. The fourth-order valence-electron chi connectivity index (χ4n) is 6.20. The topological polar surface area (TPSA) is 38.7 Å². The van der Waals surface area contributed by atoms with Crippen LogP contribution in [0.4, 0.5) is 0 Å². The zero-order valence-electron chi connectivity index (χ0n) is 46.9. The lowest BCUT2D eigenvalue weighted by Crippen LogP contribution is -2.00. The molecule has 0 saturated carbocycles. The van der Waals surface area contributed by atoms with Crippen molar-refractivity contribution in [2.75, 3.05) is 0 Å². The van der Waals surface area contributed by atoms with Crippen LogP contribution in [0.15, 0.2) is 200 Å². The van der Waals surface area contributed by atoms with E-state index >= 15 is 0 Å². The number of nitrogens with zero attached hydrogens (tertiary/aromatic N) is 3. The van der Waals surface area contributed by atoms with Crippen molar-refractivity contribution in [2.24, 2.45) is 0 Å². The maximum absolute atomic E-state index is 9.68. The standard InChI is InChI=1S/C51H33N3/c1-3-12-34(13-4-1)35-22-26-38(27-23-35)50-52-49(37-14-5-2-6-15-37)53-51(54-50)39-28-24-36(25-29-39)40-16-11-17-41(32-40)42-30-31-47-45-20-8-7-18-43(45)44-19-9-10-21-46(44)48(47)33-42/h1-33H/i7D,8D,9D,10D,11D,16D,17D,18D,19D,20D,21D,24D,25D,28D,29D,30D,31D,32D,33D. The summed E-state index contributed by atoms with van der Waals surface area (Å²) in [5.74, 6) is 0.0296. The van der Waals surface area contributed by atoms with Crippen LogP contribution in [0.5, 0.6) is 0 Å². The Morgan fingerprint density at radius 2 is 0.648 bits per heavy atom. The molecule has 1 heterocycles. The van der Waals surface area contributed by atoms with Crippen LogP contribution in [0.2, 0.25) is 0 Å². The van der Waals surface area contributed by atoms with Gasteiger partial charge in [-0.3, -0.25) is 0 Å². The van der Waals surface area contributed by atoms with Gasteiger partial charge in [0, 0.05) is 16.7 Å². The highest BCUT2D eigenvalue weighted by Gasteiger charge is 2.14. The smallest absolute Gasteiger partial charge is 0.164 e. The Hall–Kier alpha value is -7.23. The molecule has 0 atom stereocenters. The van der Waals surface area contributed by atoms with Crippen molar-refractivity contribution in [3.63, 3.8) is 0 Å². The lowest BCUT2D eigenvalue weighted by Gasteiger charge is -2.13. The summed E-state index contributed by atoms with van der Waals surface area (Å²) in [6.07, 6.45) is 0. The number of benzene rings is 9. The SMILES string of the molecule is [2H]c1c([2H])c(-c2c([2H])c([2H])c(-c3nc(-c4ccccc4)nc(-c4ccc(-c5ccccc5)cc4)n3)c([2H])c2[2H])c([2H])c(-c2c([2H])c([2H])c3c4c([2H])c([2H])c([2H])c([2H])c4c4c([2H])c([2H])c([2H])c([2H])c4c3c2[2H])c1[2H]. The maximum atomic E-state index is 9.68. The number of rotatable bonds is 6. The molecule has 0 aliphatic heterocycles. The summed E-state index contributed by atoms with van der Waals surface area (Å²) in [5.41, 5.74) is -0.242. The fraction of sp³-hybridized carbons (Fsp3) is 0. The number of aromatic nitrogens is 3. The lowest BCUT2D eigenvalue weighted by molar-refractivity contribution is 1.07. The molecule has 0 saturated heterocycles. The Morgan fingerprint density at radius 3 is 1.24 bits per heavy atom. The molecule has 0 spiro atoms. The molecule has 0 aliphatic carbocycles. The molecule has 0 fully saturated rings. The van der Waals surface area contributed by atoms with Gasteiger partial charge in [0.2, 0.25) is 0 Å². The minimum absolute atomic E-state index is 0.138. The van der Waals surface area contributed by atoms with Crippen molar-refractivity contribution in [1.82, 2.24) is 15.0 Å². The molecular weight excluding hydrogens is 655 g/mol. The van der Waals surface area contributed by atoms with E-state index in [2.05, 4.69) is 9.97 Å². The molecule has 3 heteroatoms. The third-order valence-corrected chi connectivity index (χ3v) is 8.83. The van der Waals surface area contributed by atoms with Gasteiger partial charge in [0.05, 0.1) is 26.0 Å². The average molecular weight is 707 g/mol. The summed E-state index contributed by atoms with van der Waals surface area (Å²) in [6, 6.07) is 10.5. The molecule has 0 bridgehead atoms. The largest absolute Gasteiger partial charge is 0.208 e. The second kappa shape index (κ2) is 13.4. The molecule has 0 aliphatic rings. The van der Waals surface area contributed by atoms with Crippen LogP contribution in [0.3, 0.4) is 0 Å².